The highest BCUT2D eigenvalue weighted by Crippen LogP contribution is 2.28. The van der Waals surface area contributed by atoms with Crippen molar-refractivity contribution in [1.82, 2.24) is 4.90 Å². The van der Waals surface area contributed by atoms with Gasteiger partial charge in [-0.1, -0.05) is 60.7 Å². The Morgan fingerprint density at radius 3 is 1.44 bits per heavy atom. The van der Waals surface area contributed by atoms with E-state index in [1.165, 1.54) is 17.5 Å². The molecule has 36 heavy (non-hydrogen) atoms. The Hall–Kier alpha value is -3.12. The van der Waals surface area contributed by atoms with Crippen LogP contribution in [0.1, 0.15) is 36.3 Å². The molecule has 1 heterocycles. The van der Waals surface area contributed by atoms with Gasteiger partial charge in [0.05, 0.1) is 0 Å². The molecule has 1 fully saturated rings. The third-order valence-electron chi connectivity index (χ3n) is 5.26. The highest BCUT2D eigenvalue weighted by molar-refractivity contribution is 5.73. The minimum Gasteiger partial charge on any atom is -0.475 e. The molecule has 0 unspecified atom stereocenters. The van der Waals surface area contributed by atoms with Gasteiger partial charge in [0, 0.05) is 12.0 Å². The topological polar surface area (TPSA) is 104 Å². The predicted octanol–water partition coefficient (Wildman–Crippen LogP) is 4.90. The van der Waals surface area contributed by atoms with Crippen molar-refractivity contribution in [2.24, 2.45) is 5.73 Å². The molecule has 200 valence electrons. The van der Waals surface area contributed by atoms with Crippen LogP contribution in [0.5, 0.6) is 0 Å². The number of nitrogens with two attached hydrogens (primary N) is 1. The number of halogens is 6. The number of carbonyl (C=O) groups is 2. The first-order valence-corrected chi connectivity index (χ1v) is 10.9. The summed E-state index contributed by atoms with van der Waals surface area (Å²) in [4.78, 5) is 20.4. The Bertz CT molecular complexity index is 852. The Morgan fingerprint density at radius 1 is 0.806 bits per heavy atom. The number of aliphatic carboxylic acids is 2. The molecule has 0 saturated carbocycles. The van der Waals surface area contributed by atoms with Gasteiger partial charge >= 0.3 is 24.3 Å². The van der Waals surface area contributed by atoms with Crippen LogP contribution in [0.4, 0.5) is 26.3 Å². The molecule has 12 heteroatoms. The molecule has 0 atom stereocenters. The van der Waals surface area contributed by atoms with Crippen LogP contribution in [0.15, 0.2) is 60.7 Å². The zero-order chi connectivity index (χ0) is 27.4. The van der Waals surface area contributed by atoms with E-state index < -0.39 is 24.3 Å². The van der Waals surface area contributed by atoms with E-state index in [0.717, 1.165) is 32.5 Å². The fraction of sp³-hybridized carbons (Fsp3) is 0.417. The third kappa shape index (κ3) is 12.0. The smallest absolute Gasteiger partial charge is 0.475 e. The molecular weight excluding hydrogens is 494 g/mol. The molecule has 4 N–H and O–H groups in total. The number of carboxylic acid groups (broad SMARTS) is 2. The summed E-state index contributed by atoms with van der Waals surface area (Å²) in [6, 6.07) is 22.2. The summed E-state index contributed by atoms with van der Waals surface area (Å²) in [6.45, 7) is 3.45. The van der Waals surface area contributed by atoms with Crippen molar-refractivity contribution in [3.8, 4) is 0 Å². The highest BCUT2D eigenvalue weighted by atomic mass is 19.4. The third-order valence-corrected chi connectivity index (χ3v) is 5.26. The summed E-state index contributed by atoms with van der Waals surface area (Å²) in [6.07, 6.45) is -6.72. The first kappa shape index (κ1) is 30.9. The highest BCUT2D eigenvalue weighted by Gasteiger charge is 2.38. The predicted molar refractivity (Wildman–Crippen MR) is 120 cm³/mol. The van der Waals surface area contributed by atoms with Gasteiger partial charge in [0.2, 0.25) is 0 Å². The van der Waals surface area contributed by atoms with E-state index in [0.29, 0.717) is 12.0 Å². The maximum Gasteiger partial charge on any atom is 0.490 e. The number of piperidine rings is 1. The van der Waals surface area contributed by atoms with Crippen LogP contribution >= 0.6 is 0 Å². The molecule has 0 radical (unpaired) electrons. The molecule has 0 spiro atoms. The van der Waals surface area contributed by atoms with Gasteiger partial charge in [-0.25, -0.2) is 9.59 Å². The fourth-order valence-corrected chi connectivity index (χ4v) is 3.38. The number of likely N-dealkylation sites (tertiary alicyclic amines) is 1. The number of alkyl halides is 6. The zero-order valence-electron chi connectivity index (χ0n) is 19.2. The largest absolute Gasteiger partial charge is 0.490 e. The molecule has 0 aliphatic carbocycles. The molecule has 0 bridgehead atoms. The van der Waals surface area contributed by atoms with E-state index in [4.69, 9.17) is 25.5 Å². The van der Waals surface area contributed by atoms with Crippen molar-refractivity contribution in [2.75, 3.05) is 19.6 Å². The SMILES string of the molecule is NC1CCN(CCC(c2ccccc2)c2ccccc2)CC1.O=C(O)C(F)(F)F.O=C(O)C(F)(F)F. The summed E-state index contributed by atoms with van der Waals surface area (Å²) < 4.78 is 63.5. The van der Waals surface area contributed by atoms with Gasteiger partial charge in [-0.3, -0.25) is 0 Å². The molecule has 3 rings (SSSR count). The number of hydrogen-bond donors (Lipinski definition) is 3. The Morgan fingerprint density at radius 2 is 1.14 bits per heavy atom. The number of nitrogens with zero attached hydrogens (tertiary/aromatic N) is 1. The molecule has 6 nitrogen and oxygen atoms in total. The minimum atomic E-state index is -5.08. The molecule has 2 aromatic rings. The first-order chi connectivity index (χ1) is 16.7. The normalized spacial score (nSPS) is 14.8. The lowest BCUT2D eigenvalue weighted by Gasteiger charge is -2.31. The van der Waals surface area contributed by atoms with Gasteiger partial charge in [-0.05, 0) is 50.0 Å². The van der Waals surface area contributed by atoms with E-state index in [-0.39, 0.29) is 0 Å². The summed E-state index contributed by atoms with van der Waals surface area (Å²) in [5, 5.41) is 14.2. The van der Waals surface area contributed by atoms with Crippen molar-refractivity contribution in [1.29, 1.82) is 0 Å². The maximum absolute atomic E-state index is 10.6. The molecule has 2 aromatic carbocycles. The second-order valence-corrected chi connectivity index (χ2v) is 7.95. The fourth-order valence-electron chi connectivity index (χ4n) is 3.38. The quantitative estimate of drug-likeness (QED) is 0.483. The average molecular weight is 522 g/mol. The number of carboxylic acids is 2. The Balaban J connectivity index is 0.000000383. The van der Waals surface area contributed by atoms with Gasteiger partial charge in [-0.2, -0.15) is 26.3 Å². The monoisotopic (exact) mass is 522 g/mol. The van der Waals surface area contributed by atoms with Crippen LogP contribution in [0, 0.1) is 0 Å². The van der Waals surface area contributed by atoms with E-state index in [2.05, 4.69) is 65.6 Å². The van der Waals surface area contributed by atoms with Crippen LogP contribution in [0.25, 0.3) is 0 Å². The summed E-state index contributed by atoms with van der Waals surface area (Å²) in [5.41, 5.74) is 8.85. The average Bonchev–Trinajstić information content (AvgIpc) is 2.81. The molecular formula is C24H28F6N2O4. The summed E-state index contributed by atoms with van der Waals surface area (Å²) in [7, 11) is 0. The second kappa shape index (κ2) is 14.4. The molecule has 1 aliphatic heterocycles. The Kier molecular flexibility index (Phi) is 12.4. The number of rotatable bonds is 5. The van der Waals surface area contributed by atoms with Crippen molar-refractivity contribution in [2.45, 2.75) is 43.6 Å². The van der Waals surface area contributed by atoms with Crippen LogP contribution < -0.4 is 5.73 Å². The van der Waals surface area contributed by atoms with Crippen molar-refractivity contribution in [3.05, 3.63) is 71.8 Å². The van der Waals surface area contributed by atoms with Gasteiger partial charge in [0.25, 0.3) is 0 Å². The molecule has 1 saturated heterocycles. The molecule has 0 amide bonds. The van der Waals surface area contributed by atoms with E-state index >= 15 is 0 Å². The van der Waals surface area contributed by atoms with Crippen molar-refractivity contribution >= 4 is 11.9 Å². The summed E-state index contributed by atoms with van der Waals surface area (Å²) >= 11 is 0. The van der Waals surface area contributed by atoms with E-state index in [9.17, 15) is 26.3 Å². The van der Waals surface area contributed by atoms with Gasteiger partial charge in [0.1, 0.15) is 0 Å². The minimum absolute atomic E-state index is 0.412. The lowest BCUT2D eigenvalue weighted by Crippen LogP contribution is -2.40. The maximum atomic E-state index is 10.6. The summed E-state index contributed by atoms with van der Waals surface area (Å²) in [5.74, 6) is -5.03. The van der Waals surface area contributed by atoms with Crippen LogP contribution in [-0.4, -0.2) is 65.1 Å². The van der Waals surface area contributed by atoms with Crippen LogP contribution in [0.2, 0.25) is 0 Å². The van der Waals surface area contributed by atoms with Gasteiger partial charge < -0.3 is 20.8 Å². The van der Waals surface area contributed by atoms with Gasteiger partial charge in [-0.15, -0.1) is 0 Å². The zero-order valence-corrected chi connectivity index (χ0v) is 19.2. The standard InChI is InChI=1S/C20H26N2.2C2HF3O2/c21-19-11-14-22(15-12-19)16-13-20(17-7-3-1-4-8-17)18-9-5-2-6-10-18;2*3-2(4,5)1(6)7/h1-10,19-20H,11-16,21H2;2*(H,6,7). The molecule has 1 aliphatic rings. The van der Waals surface area contributed by atoms with E-state index in [1.54, 1.807) is 0 Å². The van der Waals surface area contributed by atoms with Crippen LogP contribution in [-0.2, 0) is 9.59 Å². The molecule has 0 aromatic heterocycles. The lowest BCUT2D eigenvalue weighted by atomic mass is 9.88. The second-order valence-electron chi connectivity index (χ2n) is 7.95. The lowest BCUT2D eigenvalue weighted by molar-refractivity contribution is -0.193. The Labute approximate surface area is 204 Å². The van der Waals surface area contributed by atoms with Crippen LogP contribution in [0.3, 0.4) is 0 Å². The van der Waals surface area contributed by atoms with E-state index in [1.807, 2.05) is 0 Å². The number of hydrogen-bond acceptors (Lipinski definition) is 4. The van der Waals surface area contributed by atoms with Gasteiger partial charge in [0.15, 0.2) is 0 Å². The number of benzene rings is 2. The van der Waals surface area contributed by atoms with Crippen molar-refractivity contribution in [3.63, 3.8) is 0 Å². The first-order valence-electron chi connectivity index (χ1n) is 10.9. The van der Waals surface area contributed by atoms with Crippen molar-refractivity contribution < 1.29 is 46.1 Å².